The first-order chi connectivity index (χ1) is 10.4. The highest BCUT2D eigenvalue weighted by atomic mass is 32.2. The van der Waals surface area contributed by atoms with E-state index in [9.17, 15) is 24.4 Å². The maximum absolute atomic E-state index is 12.6. The Morgan fingerprint density at radius 2 is 1.32 bits per heavy atom. The van der Waals surface area contributed by atoms with Gasteiger partial charge in [0.1, 0.15) is 0 Å². The zero-order valence-corrected chi connectivity index (χ0v) is 12.1. The molecule has 0 aromatic heterocycles. The number of nitro groups is 2. The van der Waals surface area contributed by atoms with Crippen molar-refractivity contribution in [2.45, 2.75) is 9.79 Å². The maximum atomic E-state index is 12.6. The number of anilines is 2. The number of hydrogen-bond donors (Lipinski definition) is 0. The highest BCUT2D eigenvalue weighted by Crippen LogP contribution is 2.43. The van der Waals surface area contributed by atoms with Crippen molar-refractivity contribution < 1.29 is 14.1 Å². The van der Waals surface area contributed by atoms with Crippen molar-refractivity contribution in [2.24, 2.45) is 0 Å². The van der Waals surface area contributed by atoms with Gasteiger partial charge in [0.2, 0.25) is 0 Å². The predicted octanol–water partition coefficient (Wildman–Crippen LogP) is 2.75. The first-order valence-corrected chi connectivity index (χ1v) is 7.27. The van der Waals surface area contributed by atoms with E-state index in [4.69, 9.17) is 0 Å². The van der Waals surface area contributed by atoms with Crippen LogP contribution in [-0.4, -0.2) is 21.1 Å². The predicted molar refractivity (Wildman–Crippen MR) is 78.9 cm³/mol. The van der Waals surface area contributed by atoms with Gasteiger partial charge in [-0.05, 0) is 12.1 Å². The summed E-state index contributed by atoms with van der Waals surface area (Å²) in [7, 11) is -0.000988. The Bertz CT molecular complexity index is 784. The summed E-state index contributed by atoms with van der Waals surface area (Å²) in [5.74, 6) is 0. The number of nitro benzene ring substituents is 2. The van der Waals surface area contributed by atoms with Gasteiger partial charge in [0.05, 0.1) is 41.8 Å². The summed E-state index contributed by atoms with van der Waals surface area (Å²) in [5, 5.41) is 21.7. The molecule has 2 aromatic carbocycles. The van der Waals surface area contributed by atoms with Crippen LogP contribution in [0.5, 0.6) is 0 Å². The van der Waals surface area contributed by atoms with Crippen LogP contribution in [0.3, 0.4) is 0 Å². The molecular weight excluding hydrogens is 310 g/mol. The van der Waals surface area contributed by atoms with E-state index in [1.165, 1.54) is 36.4 Å². The van der Waals surface area contributed by atoms with E-state index in [1.54, 1.807) is 11.9 Å². The molecule has 0 fully saturated rings. The lowest BCUT2D eigenvalue weighted by Gasteiger charge is -2.28. The molecule has 0 unspecified atom stereocenters. The SMILES string of the molecule is CN1c2ccc([N+](=O)[O-])cc2S(=O)c2cc([N+](=O)[O-])ccc21. The molecule has 112 valence electrons. The Balaban J connectivity index is 2.21. The van der Waals surface area contributed by atoms with Gasteiger partial charge >= 0.3 is 0 Å². The van der Waals surface area contributed by atoms with E-state index < -0.39 is 20.6 Å². The maximum Gasteiger partial charge on any atom is 0.270 e. The zero-order chi connectivity index (χ0) is 16.0. The topological polar surface area (TPSA) is 107 Å². The molecule has 3 rings (SSSR count). The van der Waals surface area contributed by atoms with Crippen LogP contribution in [-0.2, 0) is 10.8 Å². The molecule has 9 heteroatoms. The Morgan fingerprint density at radius 3 is 1.68 bits per heavy atom. The van der Waals surface area contributed by atoms with Gasteiger partial charge < -0.3 is 4.90 Å². The third kappa shape index (κ3) is 2.02. The largest absolute Gasteiger partial charge is 0.343 e. The molecule has 1 aliphatic heterocycles. The lowest BCUT2D eigenvalue weighted by Crippen LogP contribution is -2.19. The van der Waals surface area contributed by atoms with Gasteiger partial charge in [-0.3, -0.25) is 20.2 Å². The van der Waals surface area contributed by atoms with Gasteiger partial charge in [-0.2, -0.15) is 0 Å². The fraction of sp³-hybridized carbons (Fsp3) is 0.0769. The number of rotatable bonds is 2. The molecule has 0 amide bonds. The molecule has 0 saturated carbocycles. The Hall–Kier alpha value is -2.81. The monoisotopic (exact) mass is 319 g/mol. The van der Waals surface area contributed by atoms with Crippen LogP contribution < -0.4 is 4.90 Å². The fourth-order valence-electron chi connectivity index (χ4n) is 2.33. The van der Waals surface area contributed by atoms with Crippen LogP contribution >= 0.6 is 0 Å². The average Bonchev–Trinajstić information content (AvgIpc) is 2.51. The molecule has 0 radical (unpaired) electrons. The number of fused-ring (bicyclic) bond motifs is 2. The zero-order valence-electron chi connectivity index (χ0n) is 11.3. The van der Waals surface area contributed by atoms with Crippen LogP contribution in [0.4, 0.5) is 22.7 Å². The van der Waals surface area contributed by atoms with Crippen LogP contribution in [0.15, 0.2) is 46.2 Å². The molecule has 0 spiro atoms. The van der Waals surface area contributed by atoms with Gasteiger partial charge in [0, 0.05) is 31.3 Å². The molecule has 1 aliphatic rings. The minimum Gasteiger partial charge on any atom is -0.343 e. The van der Waals surface area contributed by atoms with E-state index in [2.05, 4.69) is 0 Å². The quantitative estimate of drug-likeness (QED) is 0.622. The third-order valence-electron chi connectivity index (χ3n) is 3.43. The van der Waals surface area contributed by atoms with Gasteiger partial charge in [-0.15, -0.1) is 0 Å². The van der Waals surface area contributed by atoms with Gasteiger partial charge in [-0.25, -0.2) is 4.21 Å². The summed E-state index contributed by atoms with van der Waals surface area (Å²) in [5.41, 5.74) is 0.805. The van der Waals surface area contributed by atoms with Crippen molar-refractivity contribution in [1.29, 1.82) is 0 Å². The van der Waals surface area contributed by atoms with E-state index in [0.29, 0.717) is 11.4 Å². The third-order valence-corrected chi connectivity index (χ3v) is 4.88. The average molecular weight is 319 g/mol. The molecule has 0 atom stereocenters. The molecule has 0 aliphatic carbocycles. The molecule has 0 saturated heterocycles. The fourth-order valence-corrected chi connectivity index (χ4v) is 3.81. The smallest absolute Gasteiger partial charge is 0.270 e. The van der Waals surface area contributed by atoms with Crippen molar-refractivity contribution in [1.82, 2.24) is 0 Å². The van der Waals surface area contributed by atoms with Crippen molar-refractivity contribution in [2.75, 3.05) is 11.9 Å². The van der Waals surface area contributed by atoms with Crippen molar-refractivity contribution in [3.8, 4) is 0 Å². The van der Waals surface area contributed by atoms with Gasteiger partial charge in [0.15, 0.2) is 0 Å². The van der Waals surface area contributed by atoms with Crippen LogP contribution in [0.25, 0.3) is 0 Å². The van der Waals surface area contributed by atoms with Crippen molar-refractivity contribution in [3.63, 3.8) is 0 Å². The Morgan fingerprint density at radius 1 is 0.909 bits per heavy atom. The van der Waals surface area contributed by atoms with Crippen molar-refractivity contribution in [3.05, 3.63) is 56.6 Å². The minimum atomic E-state index is -1.71. The second kappa shape index (κ2) is 4.88. The molecule has 0 N–H and O–H groups in total. The van der Waals surface area contributed by atoms with Gasteiger partial charge in [-0.1, -0.05) is 0 Å². The number of hydrogen-bond acceptors (Lipinski definition) is 6. The summed E-state index contributed by atoms with van der Waals surface area (Å²) in [4.78, 5) is 22.8. The number of benzene rings is 2. The highest BCUT2D eigenvalue weighted by molar-refractivity contribution is 7.85. The first-order valence-electron chi connectivity index (χ1n) is 6.12. The molecule has 0 bridgehead atoms. The molecule has 1 heterocycles. The Labute approximate surface area is 126 Å². The normalized spacial score (nSPS) is 13.4. The summed E-state index contributed by atoms with van der Waals surface area (Å²) in [6, 6.07) is 8.20. The van der Waals surface area contributed by atoms with Crippen LogP contribution in [0.1, 0.15) is 0 Å². The molecule has 8 nitrogen and oxygen atoms in total. The summed E-state index contributed by atoms with van der Waals surface area (Å²) in [6.07, 6.45) is 0. The van der Waals surface area contributed by atoms with Gasteiger partial charge in [0.25, 0.3) is 11.4 Å². The van der Waals surface area contributed by atoms with Crippen molar-refractivity contribution >= 4 is 33.5 Å². The van der Waals surface area contributed by atoms with E-state index >= 15 is 0 Å². The lowest BCUT2D eigenvalue weighted by atomic mass is 10.2. The summed E-state index contributed by atoms with van der Waals surface area (Å²) in [6.45, 7) is 0. The summed E-state index contributed by atoms with van der Waals surface area (Å²) < 4.78 is 12.6. The lowest BCUT2D eigenvalue weighted by molar-refractivity contribution is -0.385. The van der Waals surface area contributed by atoms with Crippen LogP contribution in [0, 0.1) is 20.2 Å². The van der Waals surface area contributed by atoms with Crippen LogP contribution in [0.2, 0.25) is 0 Å². The second-order valence-electron chi connectivity index (χ2n) is 4.65. The number of non-ortho nitro benzene ring substituents is 2. The number of nitrogens with zero attached hydrogens (tertiary/aromatic N) is 3. The van der Waals surface area contributed by atoms with E-state index in [1.807, 2.05) is 0 Å². The standard InChI is InChI=1S/C13H9N3O5S/c1-14-10-4-2-8(15(17)18)6-12(10)22(21)13-7-9(16(19)20)3-5-11(13)14/h2-7H,1H3. The van der Waals surface area contributed by atoms with E-state index in [-0.39, 0.29) is 21.2 Å². The second-order valence-corrected chi connectivity index (χ2v) is 6.06. The highest BCUT2D eigenvalue weighted by Gasteiger charge is 2.29. The molecular formula is C13H9N3O5S. The molecule has 22 heavy (non-hydrogen) atoms. The van der Waals surface area contributed by atoms with E-state index in [0.717, 1.165) is 0 Å². The summed E-state index contributed by atoms with van der Waals surface area (Å²) >= 11 is 0. The Kier molecular flexibility index (Phi) is 3.14. The minimum absolute atomic E-state index is 0.172. The first kappa shape index (κ1) is 14.1. The molecule has 2 aromatic rings.